The number of aromatic nitrogens is 1. The summed E-state index contributed by atoms with van der Waals surface area (Å²) in [5.41, 5.74) is 1.00. The lowest BCUT2D eigenvalue weighted by Gasteiger charge is -2.25. The molecule has 0 radical (unpaired) electrons. The smallest absolute Gasteiger partial charge is 0.0929 e. The number of aliphatic hydroxyl groups is 1. The third-order valence-electron chi connectivity index (χ3n) is 3.71. The molecule has 0 fully saturated rings. The van der Waals surface area contributed by atoms with Gasteiger partial charge in [-0.2, -0.15) is 0 Å². The predicted octanol–water partition coefficient (Wildman–Crippen LogP) is 4.45. The molecule has 1 aromatic heterocycles. The summed E-state index contributed by atoms with van der Waals surface area (Å²) in [5.74, 6) is 0. The molecule has 0 aliphatic rings. The molecule has 106 valence electrons. The van der Waals surface area contributed by atoms with Crippen LogP contribution in [0.1, 0.15) is 18.1 Å². The molecule has 0 amide bonds. The molecule has 0 spiro atoms. The zero-order valence-electron chi connectivity index (χ0n) is 11.8. The van der Waals surface area contributed by atoms with Gasteiger partial charge in [0.1, 0.15) is 0 Å². The first-order chi connectivity index (χ1) is 10.1. The summed E-state index contributed by atoms with van der Waals surface area (Å²) in [6, 6.07) is 16.1. The number of pyridine rings is 1. The molecule has 1 atom stereocenters. The quantitative estimate of drug-likeness (QED) is 0.763. The van der Waals surface area contributed by atoms with Gasteiger partial charge in [0, 0.05) is 34.2 Å². The Kier molecular flexibility index (Phi) is 3.79. The highest BCUT2D eigenvalue weighted by Gasteiger charge is 2.26. The van der Waals surface area contributed by atoms with Crippen molar-refractivity contribution in [2.75, 3.05) is 0 Å². The largest absolute Gasteiger partial charge is 0.385 e. The van der Waals surface area contributed by atoms with Crippen molar-refractivity contribution in [3.05, 3.63) is 76.5 Å². The molecule has 3 heteroatoms. The maximum absolute atomic E-state index is 11.0. The highest BCUT2D eigenvalue weighted by atomic mass is 79.9. The van der Waals surface area contributed by atoms with Crippen LogP contribution in [-0.4, -0.2) is 10.1 Å². The summed E-state index contributed by atoms with van der Waals surface area (Å²) < 4.78 is 1.04. The maximum Gasteiger partial charge on any atom is 0.0929 e. The zero-order valence-corrected chi connectivity index (χ0v) is 13.3. The fraction of sp³-hybridized carbons (Fsp3) is 0.167. The molecule has 3 rings (SSSR count). The van der Waals surface area contributed by atoms with E-state index in [9.17, 15) is 5.11 Å². The summed E-state index contributed by atoms with van der Waals surface area (Å²) in [6.45, 7) is 1.85. The van der Waals surface area contributed by atoms with E-state index in [-0.39, 0.29) is 0 Å². The van der Waals surface area contributed by atoms with E-state index in [2.05, 4.69) is 20.9 Å². The van der Waals surface area contributed by atoms with Crippen LogP contribution in [0.2, 0.25) is 0 Å². The van der Waals surface area contributed by atoms with E-state index in [1.165, 1.54) is 0 Å². The molecule has 3 aromatic rings. The van der Waals surface area contributed by atoms with Crippen LogP contribution in [0.5, 0.6) is 0 Å². The van der Waals surface area contributed by atoms with Crippen molar-refractivity contribution >= 4 is 26.7 Å². The minimum Gasteiger partial charge on any atom is -0.385 e. The van der Waals surface area contributed by atoms with Crippen LogP contribution >= 0.6 is 15.9 Å². The molecular weight excluding hydrogens is 326 g/mol. The molecule has 2 aromatic carbocycles. The molecule has 0 saturated heterocycles. The standard InChI is InChI=1S/C18H16BrNO/c1-18(21,10-13-6-8-15(19)9-7-13)17-12-20-11-14-4-2-3-5-16(14)17/h2-9,11-12,21H,10H2,1H3. The van der Waals surface area contributed by atoms with Crippen LogP contribution < -0.4 is 0 Å². The number of hydrogen-bond donors (Lipinski definition) is 1. The van der Waals surface area contributed by atoms with Gasteiger partial charge >= 0.3 is 0 Å². The monoisotopic (exact) mass is 341 g/mol. The van der Waals surface area contributed by atoms with Crippen LogP contribution in [0.4, 0.5) is 0 Å². The average Bonchev–Trinajstić information content (AvgIpc) is 2.49. The summed E-state index contributed by atoms with van der Waals surface area (Å²) in [4.78, 5) is 4.27. The first kappa shape index (κ1) is 14.2. The van der Waals surface area contributed by atoms with E-state index in [0.717, 1.165) is 26.4 Å². The van der Waals surface area contributed by atoms with E-state index < -0.39 is 5.60 Å². The van der Waals surface area contributed by atoms with Crippen molar-refractivity contribution < 1.29 is 5.11 Å². The van der Waals surface area contributed by atoms with Crippen molar-refractivity contribution in [3.8, 4) is 0 Å². The van der Waals surface area contributed by atoms with Crippen molar-refractivity contribution in [1.29, 1.82) is 0 Å². The van der Waals surface area contributed by atoms with Crippen LogP contribution in [0.3, 0.4) is 0 Å². The third kappa shape index (κ3) is 2.99. The van der Waals surface area contributed by atoms with Crippen molar-refractivity contribution in [2.24, 2.45) is 0 Å². The zero-order chi connectivity index (χ0) is 14.9. The molecule has 2 nitrogen and oxygen atoms in total. The summed E-state index contributed by atoms with van der Waals surface area (Å²) in [5, 5.41) is 13.1. The second kappa shape index (κ2) is 5.58. The van der Waals surface area contributed by atoms with Gasteiger partial charge in [-0.15, -0.1) is 0 Å². The topological polar surface area (TPSA) is 33.1 Å². The number of rotatable bonds is 3. The Hall–Kier alpha value is -1.71. The molecule has 0 bridgehead atoms. The van der Waals surface area contributed by atoms with Crippen molar-refractivity contribution in [2.45, 2.75) is 18.9 Å². The normalized spacial score (nSPS) is 14.0. The van der Waals surface area contributed by atoms with E-state index >= 15 is 0 Å². The van der Waals surface area contributed by atoms with Gasteiger partial charge in [-0.1, -0.05) is 52.3 Å². The Morgan fingerprint density at radius 3 is 2.52 bits per heavy atom. The first-order valence-corrected chi connectivity index (χ1v) is 7.66. The molecule has 21 heavy (non-hydrogen) atoms. The van der Waals surface area contributed by atoms with Gasteiger partial charge in [-0.25, -0.2) is 0 Å². The molecular formula is C18H16BrNO. The molecule has 0 aliphatic heterocycles. The van der Waals surface area contributed by atoms with Gasteiger partial charge in [-0.05, 0) is 30.0 Å². The lowest BCUT2D eigenvalue weighted by Crippen LogP contribution is -2.24. The second-order valence-electron chi connectivity index (χ2n) is 5.49. The highest BCUT2D eigenvalue weighted by molar-refractivity contribution is 9.10. The van der Waals surface area contributed by atoms with Gasteiger partial charge < -0.3 is 5.11 Å². The van der Waals surface area contributed by atoms with Crippen molar-refractivity contribution in [3.63, 3.8) is 0 Å². The van der Waals surface area contributed by atoms with E-state index in [1.54, 1.807) is 6.20 Å². The minimum atomic E-state index is -0.957. The lowest BCUT2D eigenvalue weighted by molar-refractivity contribution is 0.0588. The van der Waals surface area contributed by atoms with E-state index in [4.69, 9.17) is 0 Å². The minimum absolute atomic E-state index is 0.552. The Bertz CT molecular complexity index is 760. The van der Waals surface area contributed by atoms with Gasteiger partial charge in [0.05, 0.1) is 5.60 Å². The van der Waals surface area contributed by atoms with Crippen LogP contribution in [0, 0.1) is 0 Å². The van der Waals surface area contributed by atoms with Crippen LogP contribution in [0.25, 0.3) is 10.8 Å². The molecule has 1 unspecified atom stereocenters. The number of benzene rings is 2. The summed E-state index contributed by atoms with van der Waals surface area (Å²) in [6.07, 6.45) is 4.14. The SMILES string of the molecule is CC(O)(Cc1ccc(Br)cc1)c1cncc2ccccc12. The number of halogens is 1. The number of hydrogen-bond acceptors (Lipinski definition) is 2. The Morgan fingerprint density at radius 1 is 1.05 bits per heavy atom. The van der Waals surface area contributed by atoms with Gasteiger partial charge in [0.25, 0.3) is 0 Å². The summed E-state index contributed by atoms with van der Waals surface area (Å²) in [7, 11) is 0. The fourth-order valence-corrected chi connectivity index (χ4v) is 2.90. The predicted molar refractivity (Wildman–Crippen MR) is 89.2 cm³/mol. The maximum atomic E-state index is 11.0. The Morgan fingerprint density at radius 2 is 1.76 bits per heavy atom. The first-order valence-electron chi connectivity index (χ1n) is 6.86. The molecule has 1 heterocycles. The second-order valence-corrected chi connectivity index (χ2v) is 6.40. The van der Waals surface area contributed by atoms with Crippen LogP contribution in [0.15, 0.2) is 65.4 Å². The average molecular weight is 342 g/mol. The number of fused-ring (bicyclic) bond motifs is 1. The highest BCUT2D eigenvalue weighted by Crippen LogP contribution is 2.31. The van der Waals surface area contributed by atoms with E-state index in [0.29, 0.717) is 6.42 Å². The summed E-state index contributed by atoms with van der Waals surface area (Å²) >= 11 is 3.43. The number of nitrogens with zero attached hydrogens (tertiary/aromatic N) is 1. The van der Waals surface area contributed by atoms with Crippen molar-refractivity contribution in [1.82, 2.24) is 4.98 Å². The molecule has 0 aliphatic carbocycles. The van der Waals surface area contributed by atoms with Gasteiger partial charge in [0.2, 0.25) is 0 Å². The molecule has 1 N–H and O–H groups in total. The fourth-order valence-electron chi connectivity index (χ4n) is 2.64. The Labute approximate surface area is 132 Å². The van der Waals surface area contributed by atoms with Crippen LogP contribution in [-0.2, 0) is 12.0 Å². The van der Waals surface area contributed by atoms with E-state index in [1.807, 2.05) is 61.7 Å². The molecule has 0 saturated carbocycles. The Balaban J connectivity index is 2.01. The third-order valence-corrected chi connectivity index (χ3v) is 4.24. The lowest BCUT2D eigenvalue weighted by atomic mass is 9.87. The van der Waals surface area contributed by atoms with Gasteiger partial charge in [-0.3, -0.25) is 4.98 Å². The van der Waals surface area contributed by atoms with Gasteiger partial charge in [0.15, 0.2) is 0 Å².